The zero-order chi connectivity index (χ0) is 14.4. The molecular weight excluding hydrogens is 234 g/mol. The van der Waals surface area contributed by atoms with Crippen molar-refractivity contribution in [2.24, 2.45) is 0 Å². The van der Waals surface area contributed by atoms with Crippen LogP contribution in [0, 0.1) is 0 Å². The normalized spacial score (nSPS) is 12.9. The Morgan fingerprint density at radius 2 is 1.37 bits per heavy atom. The van der Waals surface area contributed by atoms with Gasteiger partial charge in [0.2, 0.25) is 5.56 Å². The molecule has 0 atom stereocenters. The Morgan fingerprint density at radius 1 is 0.842 bits per heavy atom. The summed E-state index contributed by atoms with van der Waals surface area (Å²) in [6.45, 7) is 13.3. The Bertz CT molecular complexity index is 666. The van der Waals surface area contributed by atoms with E-state index in [1.165, 1.54) is 11.1 Å². The molecule has 2 nitrogen and oxygen atoms in total. The minimum atomic E-state index is -0.0455. The second-order valence-electron chi connectivity index (χ2n) is 7.31. The molecule has 1 aromatic heterocycles. The van der Waals surface area contributed by atoms with Crippen LogP contribution in [0.1, 0.15) is 52.7 Å². The maximum atomic E-state index is 11.5. The molecule has 0 unspecified atom stereocenters. The maximum absolute atomic E-state index is 11.5. The van der Waals surface area contributed by atoms with Crippen LogP contribution in [0.3, 0.4) is 0 Å². The van der Waals surface area contributed by atoms with Crippen LogP contribution in [0.5, 0.6) is 0 Å². The second-order valence-corrected chi connectivity index (χ2v) is 7.31. The number of fused-ring (bicyclic) bond motifs is 1. The van der Waals surface area contributed by atoms with E-state index < -0.39 is 0 Å². The molecular formula is C17H23NO. The molecule has 0 aliphatic rings. The molecule has 19 heavy (non-hydrogen) atoms. The van der Waals surface area contributed by atoms with Crippen molar-refractivity contribution < 1.29 is 0 Å². The topological polar surface area (TPSA) is 32.9 Å². The fourth-order valence-electron chi connectivity index (χ4n) is 2.44. The third-order valence-electron chi connectivity index (χ3n) is 3.48. The van der Waals surface area contributed by atoms with Crippen LogP contribution in [0.2, 0.25) is 0 Å². The predicted molar refractivity (Wildman–Crippen MR) is 82.0 cm³/mol. The first-order valence-electron chi connectivity index (χ1n) is 6.77. The van der Waals surface area contributed by atoms with Crippen LogP contribution in [-0.4, -0.2) is 4.98 Å². The number of benzene rings is 1. The third-order valence-corrected chi connectivity index (χ3v) is 3.48. The quantitative estimate of drug-likeness (QED) is 0.756. The van der Waals surface area contributed by atoms with Gasteiger partial charge in [-0.3, -0.25) is 4.79 Å². The highest BCUT2D eigenvalue weighted by Gasteiger charge is 2.25. The number of hydrogen-bond donors (Lipinski definition) is 1. The van der Waals surface area contributed by atoms with Gasteiger partial charge in [-0.2, -0.15) is 0 Å². The van der Waals surface area contributed by atoms with Gasteiger partial charge in [0.15, 0.2) is 0 Å². The van der Waals surface area contributed by atoms with Gasteiger partial charge in [0.25, 0.3) is 0 Å². The van der Waals surface area contributed by atoms with E-state index in [-0.39, 0.29) is 16.4 Å². The number of H-pyrrole nitrogens is 1. The first-order valence-corrected chi connectivity index (χ1v) is 6.77. The molecule has 0 saturated carbocycles. The fourth-order valence-corrected chi connectivity index (χ4v) is 2.44. The van der Waals surface area contributed by atoms with Crippen molar-refractivity contribution in [3.05, 3.63) is 45.7 Å². The monoisotopic (exact) mass is 257 g/mol. The number of hydrogen-bond acceptors (Lipinski definition) is 1. The average molecular weight is 257 g/mol. The minimum Gasteiger partial charge on any atom is -0.322 e. The van der Waals surface area contributed by atoms with Gasteiger partial charge in [0.05, 0.1) is 0 Å². The lowest BCUT2D eigenvalue weighted by Gasteiger charge is -2.30. The molecule has 0 radical (unpaired) electrons. The second kappa shape index (κ2) is 4.22. The van der Waals surface area contributed by atoms with Crippen LogP contribution < -0.4 is 5.56 Å². The Balaban J connectivity index is 2.86. The summed E-state index contributed by atoms with van der Waals surface area (Å²) in [5, 5.41) is 1.09. The van der Waals surface area contributed by atoms with Gasteiger partial charge >= 0.3 is 0 Å². The van der Waals surface area contributed by atoms with E-state index in [0.717, 1.165) is 10.9 Å². The molecule has 2 heteroatoms. The summed E-state index contributed by atoms with van der Waals surface area (Å²) in [7, 11) is 0. The van der Waals surface area contributed by atoms with E-state index in [4.69, 9.17) is 0 Å². The highest BCUT2D eigenvalue weighted by molar-refractivity contribution is 5.81. The molecule has 0 aliphatic carbocycles. The van der Waals surface area contributed by atoms with Gasteiger partial charge in [0, 0.05) is 11.6 Å². The highest BCUT2D eigenvalue weighted by Crippen LogP contribution is 2.35. The van der Waals surface area contributed by atoms with Crippen molar-refractivity contribution in [1.29, 1.82) is 0 Å². The average Bonchev–Trinajstić information content (AvgIpc) is 2.24. The van der Waals surface area contributed by atoms with Crippen molar-refractivity contribution in [2.75, 3.05) is 0 Å². The molecule has 2 rings (SSSR count). The Morgan fingerprint density at radius 3 is 1.89 bits per heavy atom. The van der Waals surface area contributed by atoms with Crippen LogP contribution in [0.15, 0.2) is 29.1 Å². The zero-order valence-corrected chi connectivity index (χ0v) is 12.7. The first kappa shape index (κ1) is 13.9. The SMILES string of the molecule is CC(C)(C)c1cc2ccc(=O)[nH]c2cc1C(C)(C)C. The molecule has 1 heterocycles. The van der Waals surface area contributed by atoms with Crippen molar-refractivity contribution >= 4 is 10.9 Å². The number of aromatic amines is 1. The van der Waals surface area contributed by atoms with Crippen molar-refractivity contribution in [1.82, 2.24) is 4.98 Å². The Hall–Kier alpha value is -1.57. The fraction of sp³-hybridized carbons (Fsp3) is 0.471. The number of rotatable bonds is 0. The summed E-state index contributed by atoms with van der Waals surface area (Å²) < 4.78 is 0. The lowest BCUT2D eigenvalue weighted by atomic mass is 9.75. The Labute approximate surface area is 114 Å². The zero-order valence-electron chi connectivity index (χ0n) is 12.7. The standard InChI is InChI=1S/C17H23NO/c1-16(2,3)12-9-11-7-8-15(19)18-14(11)10-13(12)17(4,5)6/h7-10H,1-6H3,(H,18,19). The van der Waals surface area contributed by atoms with E-state index in [2.05, 4.69) is 58.7 Å². The van der Waals surface area contributed by atoms with Crippen molar-refractivity contribution in [2.45, 2.75) is 52.4 Å². The van der Waals surface area contributed by atoms with E-state index >= 15 is 0 Å². The van der Waals surface area contributed by atoms with Crippen LogP contribution >= 0.6 is 0 Å². The van der Waals surface area contributed by atoms with Crippen LogP contribution in [0.25, 0.3) is 10.9 Å². The van der Waals surface area contributed by atoms with Gasteiger partial charge in [-0.15, -0.1) is 0 Å². The van der Waals surface area contributed by atoms with Crippen LogP contribution in [0.4, 0.5) is 0 Å². The smallest absolute Gasteiger partial charge is 0.248 e. The summed E-state index contributed by atoms with van der Waals surface area (Å²) in [6.07, 6.45) is 0. The van der Waals surface area contributed by atoms with Gasteiger partial charge in [-0.05, 0) is 45.5 Å². The van der Waals surface area contributed by atoms with Crippen molar-refractivity contribution in [3.63, 3.8) is 0 Å². The molecule has 2 aromatic rings. The third kappa shape index (κ3) is 2.73. The predicted octanol–water partition coefficient (Wildman–Crippen LogP) is 4.12. The number of aromatic nitrogens is 1. The molecule has 0 fully saturated rings. The molecule has 0 spiro atoms. The minimum absolute atomic E-state index is 0.0455. The van der Waals surface area contributed by atoms with Gasteiger partial charge < -0.3 is 4.98 Å². The molecule has 102 valence electrons. The number of pyridine rings is 1. The Kier molecular flexibility index (Phi) is 3.08. The van der Waals surface area contributed by atoms with Crippen molar-refractivity contribution in [3.8, 4) is 0 Å². The summed E-state index contributed by atoms with van der Waals surface area (Å²) >= 11 is 0. The van der Waals surface area contributed by atoms with E-state index in [1.807, 2.05) is 6.07 Å². The lowest BCUT2D eigenvalue weighted by Crippen LogP contribution is -2.22. The summed E-state index contributed by atoms with van der Waals surface area (Å²) in [5.41, 5.74) is 3.67. The molecule has 0 bridgehead atoms. The van der Waals surface area contributed by atoms with Crippen LogP contribution in [-0.2, 0) is 10.8 Å². The molecule has 1 aromatic carbocycles. The van der Waals surface area contributed by atoms with Gasteiger partial charge in [0.1, 0.15) is 0 Å². The largest absolute Gasteiger partial charge is 0.322 e. The first-order chi connectivity index (χ1) is 8.59. The molecule has 0 aliphatic heterocycles. The van der Waals surface area contributed by atoms with E-state index in [9.17, 15) is 4.79 Å². The van der Waals surface area contributed by atoms with Gasteiger partial charge in [-0.1, -0.05) is 41.5 Å². The maximum Gasteiger partial charge on any atom is 0.248 e. The summed E-state index contributed by atoms with van der Waals surface area (Å²) in [4.78, 5) is 14.4. The highest BCUT2D eigenvalue weighted by atomic mass is 16.1. The van der Waals surface area contributed by atoms with E-state index in [0.29, 0.717) is 0 Å². The van der Waals surface area contributed by atoms with Gasteiger partial charge in [-0.25, -0.2) is 0 Å². The molecule has 1 N–H and O–H groups in total. The molecule has 0 amide bonds. The summed E-state index contributed by atoms with van der Waals surface area (Å²) in [6, 6.07) is 7.84. The lowest BCUT2D eigenvalue weighted by molar-refractivity contribution is 0.531. The number of nitrogens with one attached hydrogen (secondary N) is 1. The molecule has 0 saturated heterocycles. The van der Waals surface area contributed by atoms with E-state index in [1.54, 1.807) is 6.07 Å². The summed E-state index contributed by atoms with van der Waals surface area (Å²) in [5.74, 6) is 0.